The normalized spacial score (nSPS) is 12.5. The Labute approximate surface area is 550 Å². The number of esters is 2. The van der Waals surface area contributed by atoms with E-state index in [-0.39, 0.29) is 25.2 Å². The van der Waals surface area contributed by atoms with Gasteiger partial charge in [0.2, 0.25) is 0 Å². The van der Waals surface area contributed by atoms with Crippen LogP contribution in [0.3, 0.4) is 0 Å². The zero-order chi connectivity index (χ0) is 63.3. The lowest BCUT2D eigenvalue weighted by Gasteiger charge is -2.15. The third-order valence-electron chi connectivity index (χ3n) is 18.0. The topological polar surface area (TPSA) is 72.8 Å². The second-order valence-corrected chi connectivity index (χ2v) is 26.8. The summed E-state index contributed by atoms with van der Waals surface area (Å²) in [6.45, 7) is 4.08. The van der Waals surface area contributed by atoms with Crippen molar-refractivity contribution in [1.82, 2.24) is 0 Å². The van der Waals surface area contributed by atoms with Crippen molar-refractivity contribution in [1.29, 1.82) is 0 Å². The number of rotatable bonds is 74. The molecule has 0 aliphatic heterocycles. The van der Waals surface area contributed by atoms with Gasteiger partial charge in [-0.3, -0.25) is 9.59 Å². The molecule has 88 heavy (non-hydrogen) atoms. The average Bonchev–Trinajstić information content (AvgIpc) is 3.56. The highest BCUT2D eigenvalue weighted by atomic mass is 16.6. The van der Waals surface area contributed by atoms with Crippen LogP contribution in [0.4, 0.5) is 0 Å². The van der Waals surface area contributed by atoms with Crippen LogP contribution in [0, 0.1) is 0 Å². The minimum atomic E-state index is -0.773. The molecule has 0 saturated carbocycles. The highest BCUT2D eigenvalue weighted by Crippen LogP contribution is 2.20. The minimum absolute atomic E-state index is 0.0616. The third-order valence-corrected chi connectivity index (χ3v) is 18.0. The molecule has 0 radical (unpaired) electrons. The summed E-state index contributed by atoms with van der Waals surface area (Å²) in [5.74, 6) is -0.569. The fourth-order valence-electron chi connectivity index (χ4n) is 12.1. The second-order valence-electron chi connectivity index (χ2n) is 26.8. The molecule has 0 amide bonds. The Hall–Kier alpha value is -2.66. The van der Waals surface area contributed by atoms with E-state index >= 15 is 0 Å². The van der Waals surface area contributed by atoms with E-state index in [9.17, 15) is 14.7 Å². The average molecular weight is 1230 g/mol. The summed E-state index contributed by atoms with van der Waals surface area (Å²) in [7, 11) is 0. The lowest BCUT2D eigenvalue weighted by molar-refractivity contribution is -0.161. The Bertz CT molecular complexity index is 1540. The zero-order valence-corrected chi connectivity index (χ0v) is 59.3. The van der Waals surface area contributed by atoms with Gasteiger partial charge in [0, 0.05) is 12.8 Å². The van der Waals surface area contributed by atoms with Crippen LogP contribution in [0.1, 0.15) is 425 Å². The number of unbranched alkanes of at least 4 members (excludes halogenated alkanes) is 54. The summed E-state index contributed by atoms with van der Waals surface area (Å²) in [5.41, 5.74) is 0. The quantitative estimate of drug-likeness (QED) is 0.0373. The van der Waals surface area contributed by atoms with Crippen molar-refractivity contribution in [3.05, 3.63) is 72.9 Å². The number of ether oxygens (including phenoxy) is 2. The van der Waals surface area contributed by atoms with Crippen LogP contribution >= 0.6 is 0 Å². The largest absolute Gasteiger partial charge is 0.462 e. The molecule has 0 aromatic heterocycles. The highest BCUT2D eigenvalue weighted by molar-refractivity contribution is 5.70. The van der Waals surface area contributed by atoms with Crippen LogP contribution in [0.25, 0.3) is 0 Å². The number of aliphatic hydroxyl groups is 1. The maximum Gasteiger partial charge on any atom is 0.306 e. The molecule has 1 N–H and O–H groups in total. The zero-order valence-electron chi connectivity index (χ0n) is 59.3. The summed E-state index contributed by atoms with van der Waals surface area (Å²) in [6, 6.07) is 0. The molecule has 1 unspecified atom stereocenters. The van der Waals surface area contributed by atoms with E-state index in [2.05, 4.69) is 86.8 Å². The Morgan fingerprint density at radius 1 is 0.273 bits per heavy atom. The van der Waals surface area contributed by atoms with Crippen LogP contribution in [0.15, 0.2) is 72.9 Å². The number of aliphatic hydroxyl groups excluding tert-OH is 1. The van der Waals surface area contributed by atoms with E-state index in [4.69, 9.17) is 9.47 Å². The van der Waals surface area contributed by atoms with Crippen molar-refractivity contribution < 1.29 is 24.2 Å². The monoisotopic (exact) mass is 1230 g/mol. The van der Waals surface area contributed by atoms with E-state index in [1.807, 2.05) is 0 Å². The first kappa shape index (κ1) is 85.3. The van der Waals surface area contributed by atoms with E-state index in [0.29, 0.717) is 12.8 Å². The molecule has 514 valence electrons. The molecule has 0 fully saturated rings. The van der Waals surface area contributed by atoms with Crippen molar-refractivity contribution in [3.63, 3.8) is 0 Å². The number of carbonyl (C=O) groups excluding carboxylic acids is 2. The van der Waals surface area contributed by atoms with E-state index in [0.717, 1.165) is 64.2 Å². The summed E-state index contributed by atoms with van der Waals surface area (Å²) >= 11 is 0. The molecule has 0 aromatic rings. The van der Waals surface area contributed by atoms with Crippen LogP contribution in [0.2, 0.25) is 0 Å². The standard InChI is InChI=1S/C83H152O5/c1-3-5-7-9-11-13-15-17-19-21-23-25-27-29-31-33-35-37-38-39-40-41-42-43-44-46-47-49-51-53-55-57-59-61-63-65-67-69-71-73-75-77-82(85)87-80-81(79-84)88-83(86)78-76-74-72-70-68-66-64-62-60-58-56-54-52-50-48-45-36-34-32-30-28-26-24-22-20-18-16-14-12-10-8-6-4-2/h6,8,12,14,18,20-21,23-24,26,30,32,81,84H,3-5,7,9-11,13,15-17,19,22,25,27-29,31,33-80H2,1-2H3/b8-6-,14-12-,20-18-,23-21-,26-24-,32-30-. The molecule has 0 rings (SSSR count). The molecule has 0 saturated heterocycles. The van der Waals surface area contributed by atoms with Gasteiger partial charge >= 0.3 is 11.9 Å². The predicted molar refractivity (Wildman–Crippen MR) is 390 cm³/mol. The molecule has 5 heteroatoms. The summed E-state index contributed by atoms with van der Waals surface area (Å²) < 4.78 is 10.8. The molecular weight excluding hydrogens is 1080 g/mol. The van der Waals surface area contributed by atoms with E-state index < -0.39 is 6.10 Å². The molecule has 0 aliphatic rings. The van der Waals surface area contributed by atoms with Crippen molar-refractivity contribution in [3.8, 4) is 0 Å². The fraction of sp³-hybridized carbons (Fsp3) is 0.831. The molecule has 5 nitrogen and oxygen atoms in total. The van der Waals surface area contributed by atoms with E-state index in [1.54, 1.807) is 0 Å². The maximum absolute atomic E-state index is 12.4. The van der Waals surface area contributed by atoms with E-state index in [1.165, 1.54) is 334 Å². The molecule has 0 aromatic carbocycles. The van der Waals surface area contributed by atoms with Crippen LogP contribution in [-0.4, -0.2) is 36.4 Å². The van der Waals surface area contributed by atoms with Gasteiger partial charge in [-0.05, 0) is 83.5 Å². The number of hydrogen-bond acceptors (Lipinski definition) is 5. The van der Waals surface area contributed by atoms with Gasteiger partial charge in [0.25, 0.3) is 0 Å². The summed E-state index contributed by atoms with van der Waals surface area (Å²) in [6.07, 6.45) is 110. The molecular formula is C83H152O5. The first-order valence-corrected chi connectivity index (χ1v) is 39.5. The van der Waals surface area contributed by atoms with Crippen LogP contribution in [-0.2, 0) is 19.1 Å². The molecule has 1 atom stereocenters. The van der Waals surface area contributed by atoms with Gasteiger partial charge in [0.15, 0.2) is 6.10 Å². The van der Waals surface area contributed by atoms with Crippen molar-refractivity contribution in [2.75, 3.05) is 13.2 Å². The van der Waals surface area contributed by atoms with Gasteiger partial charge in [-0.15, -0.1) is 0 Å². The van der Waals surface area contributed by atoms with Gasteiger partial charge in [-0.2, -0.15) is 0 Å². The number of carbonyl (C=O) groups is 2. The summed E-state index contributed by atoms with van der Waals surface area (Å²) in [5, 5.41) is 9.72. The molecule has 0 heterocycles. The van der Waals surface area contributed by atoms with Gasteiger partial charge in [-0.1, -0.05) is 401 Å². The fourth-order valence-corrected chi connectivity index (χ4v) is 12.1. The smallest absolute Gasteiger partial charge is 0.306 e. The Morgan fingerprint density at radius 2 is 0.489 bits per heavy atom. The Balaban J connectivity index is 3.37. The van der Waals surface area contributed by atoms with Gasteiger partial charge in [-0.25, -0.2) is 0 Å². The minimum Gasteiger partial charge on any atom is -0.462 e. The predicted octanol–water partition coefficient (Wildman–Crippen LogP) is 27.8. The van der Waals surface area contributed by atoms with Crippen molar-refractivity contribution in [2.24, 2.45) is 0 Å². The SMILES string of the molecule is CC/C=C\C/C=C\C/C=C\C/C=C\C/C=C\CCCCCCCCCCCCCCCCCCCC(=O)OC(CO)COC(=O)CCCCCCCCCCCCCCCCCCCCCCCCCCCCCCC/C=C\CCCCCCCCCC. The molecule has 0 bridgehead atoms. The van der Waals surface area contributed by atoms with Gasteiger partial charge in [0.1, 0.15) is 6.61 Å². The van der Waals surface area contributed by atoms with Crippen molar-refractivity contribution >= 4 is 11.9 Å². The lowest BCUT2D eigenvalue weighted by Crippen LogP contribution is -2.28. The molecule has 0 aliphatic carbocycles. The Morgan fingerprint density at radius 3 is 0.750 bits per heavy atom. The van der Waals surface area contributed by atoms with Gasteiger partial charge < -0.3 is 14.6 Å². The first-order chi connectivity index (χ1) is 43.6. The van der Waals surface area contributed by atoms with Crippen LogP contribution < -0.4 is 0 Å². The van der Waals surface area contributed by atoms with Crippen LogP contribution in [0.5, 0.6) is 0 Å². The van der Waals surface area contributed by atoms with Gasteiger partial charge in [0.05, 0.1) is 6.61 Å². The number of hydrogen-bond donors (Lipinski definition) is 1. The second kappa shape index (κ2) is 78.6. The molecule has 0 spiro atoms. The Kier molecular flexibility index (Phi) is 76.2. The number of allylic oxidation sites excluding steroid dienone is 12. The highest BCUT2D eigenvalue weighted by Gasteiger charge is 2.16. The lowest BCUT2D eigenvalue weighted by atomic mass is 10.0. The maximum atomic E-state index is 12.4. The summed E-state index contributed by atoms with van der Waals surface area (Å²) in [4.78, 5) is 24.7. The first-order valence-electron chi connectivity index (χ1n) is 39.5. The van der Waals surface area contributed by atoms with Crippen molar-refractivity contribution in [2.45, 2.75) is 431 Å². The third kappa shape index (κ3) is 75.8.